The summed E-state index contributed by atoms with van der Waals surface area (Å²) in [5, 5.41) is 5.35. The van der Waals surface area contributed by atoms with Crippen molar-refractivity contribution in [3.05, 3.63) is 0 Å². The van der Waals surface area contributed by atoms with Gasteiger partial charge < -0.3 is 39.4 Å². The SMILES string of the molecule is CCCCCCCCC(CC)OC(=O)NCCOC(=O)CCN(C)CCCN(C)CCC(=O)OCCNC(=O)OC(CC)CCCCCCCC. The zero-order valence-electron chi connectivity index (χ0n) is 33.4. The Hall–Kier alpha value is -2.60. The van der Waals surface area contributed by atoms with E-state index in [9.17, 15) is 19.2 Å². The molecule has 0 aromatic carbocycles. The van der Waals surface area contributed by atoms with Gasteiger partial charge in [-0.25, -0.2) is 9.59 Å². The molecule has 2 unspecified atom stereocenters. The molecule has 0 aliphatic heterocycles. The Morgan fingerprint density at radius 3 is 1.25 bits per heavy atom. The Bertz CT molecular complexity index is 810. The number of rotatable bonds is 34. The fourth-order valence-electron chi connectivity index (χ4n) is 5.56. The van der Waals surface area contributed by atoms with Crippen LogP contribution in [-0.4, -0.2) is 113 Å². The molecular weight excluding hydrogens is 652 g/mol. The van der Waals surface area contributed by atoms with Crippen molar-refractivity contribution in [3.63, 3.8) is 0 Å². The summed E-state index contributed by atoms with van der Waals surface area (Å²) in [6, 6.07) is 0. The van der Waals surface area contributed by atoms with Gasteiger partial charge in [-0.05, 0) is 72.1 Å². The standard InChI is InChI=1S/C39H76N4O8/c1-7-11-13-15-17-19-22-34(9-3)50-38(46)40-26-32-48-36(44)24-30-42(5)28-21-29-43(6)31-25-37(45)49-33-27-41-39(47)51-35(10-4)23-20-18-16-14-12-8-2/h34-35H,7-33H2,1-6H3,(H,40,46)(H,41,47). The van der Waals surface area contributed by atoms with E-state index >= 15 is 0 Å². The van der Waals surface area contributed by atoms with Crippen molar-refractivity contribution in [2.24, 2.45) is 0 Å². The van der Waals surface area contributed by atoms with Crippen LogP contribution < -0.4 is 10.6 Å². The van der Waals surface area contributed by atoms with E-state index in [0.717, 1.165) is 58.0 Å². The van der Waals surface area contributed by atoms with Crippen molar-refractivity contribution < 1.29 is 38.1 Å². The van der Waals surface area contributed by atoms with Crippen LogP contribution >= 0.6 is 0 Å². The maximum atomic E-state index is 12.1. The average Bonchev–Trinajstić information content (AvgIpc) is 3.11. The topological polar surface area (TPSA) is 136 Å². The van der Waals surface area contributed by atoms with E-state index in [1.165, 1.54) is 64.2 Å². The Morgan fingerprint density at radius 2 is 0.882 bits per heavy atom. The largest absolute Gasteiger partial charge is 0.464 e. The summed E-state index contributed by atoms with van der Waals surface area (Å²) in [5.41, 5.74) is 0. The first-order chi connectivity index (χ1) is 24.6. The molecule has 2 amide bonds. The van der Waals surface area contributed by atoms with Crippen LogP contribution in [0.5, 0.6) is 0 Å². The van der Waals surface area contributed by atoms with Crippen molar-refractivity contribution >= 4 is 24.1 Å². The van der Waals surface area contributed by atoms with Gasteiger partial charge in [0.15, 0.2) is 0 Å². The number of hydrogen-bond donors (Lipinski definition) is 2. The maximum absolute atomic E-state index is 12.1. The minimum Gasteiger partial charge on any atom is -0.464 e. The maximum Gasteiger partial charge on any atom is 0.407 e. The van der Waals surface area contributed by atoms with Crippen LogP contribution in [0, 0.1) is 0 Å². The van der Waals surface area contributed by atoms with Crippen LogP contribution in [0.3, 0.4) is 0 Å². The number of carbonyl (C=O) groups is 4. The lowest BCUT2D eigenvalue weighted by atomic mass is 10.1. The quantitative estimate of drug-likeness (QED) is 0.0387. The number of nitrogens with zero attached hydrogens (tertiary/aromatic N) is 2. The van der Waals surface area contributed by atoms with Crippen LogP contribution in [0.15, 0.2) is 0 Å². The molecule has 300 valence electrons. The molecule has 0 fully saturated rings. The molecule has 0 heterocycles. The highest BCUT2D eigenvalue weighted by molar-refractivity contribution is 5.70. The molecule has 2 atom stereocenters. The van der Waals surface area contributed by atoms with Gasteiger partial charge in [-0.3, -0.25) is 9.59 Å². The predicted molar refractivity (Wildman–Crippen MR) is 204 cm³/mol. The van der Waals surface area contributed by atoms with Gasteiger partial charge in [-0.15, -0.1) is 0 Å². The fraction of sp³-hybridized carbons (Fsp3) is 0.897. The first-order valence-electron chi connectivity index (χ1n) is 20.2. The number of ether oxygens (including phenoxy) is 4. The molecule has 0 saturated carbocycles. The van der Waals surface area contributed by atoms with Crippen molar-refractivity contribution in [1.82, 2.24) is 20.4 Å². The third-order valence-electron chi connectivity index (χ3n) is 8.96. The number of alkyl carbamates (subject to hydrolysis) is 2. The lowest BCUT2D eigenvalue weighted by Crippen LogP contribution is -2.32. The van der Waals surface area contributed by atoms with Crippen molar-refractivity contribution in [3.8, 4) is 0 Å². The summed E-state index contributed by atoms with van der Waals surface area (Å²) in [5.74, 6) is -0.606. The zero-order valence-corrected chi connectivity index (χ0v) is 33.4. The first-order valence-corrected chi connectivity index (χ1v) is 20.2. The number of amides is 2. The smallest absolute Gasteiger partial charge is 0.407 e. The minimum absolute atomic E-state index is 0.0820. The molecule has 0 aromatic rings. The highest BCUT2D eigenvalue weighted by Gasteiger charge is 2.14. The van der Waals surface area contributed by atoms with E-state index in [4.69, 9.17) is 18.9 Å². The van der Waals surface area contributed by atoms with Crippen LogP contribution in [0.2, 0.25) is 0 Å². The second kappa shape index (κ2) is 34.5. The van der Waals surface area contributed by atoms with Gasteiger partial charge >= 0.3 is 24.1 Å². The molecule has 0 rings (SSSR count). The molecule has 0 spiro atoms. The molecule has 12 heteroatoms. The zero-order chi connectivity index (χ0) is 38.0. The number of unbranched alkanes of at least 4 members (excludes halogenated alkanes) is 10. The first kappa shape index (κ1) is 48.4. The van der Waals surface area contributed by atoms with Gasteiger partial charge in [0.1, 0.15) is 25.4 Å². The summed E-state index contributed by atoms with van der Waals surface area (Å²) < 4.78 is 21.5. The number of hydrogen-bond acceptors (Lipinski definition) is 10. The lowest BCUT2D eigenvalue weighted by molar-refractivity contribution is -0.144. The van der Waals surface area contributed by atoms with Crippen LogP contribution in [-0.2, 0) is 28.5 Å². The van der Waals surface area contributed by atoms with Gasteiger partial charge in [0.25, 0.3) is 0 Å². The molecule has 51 heavy (non-hydrogen) atoms. The van der Waals surface area contributed by atoms with E-state index < -0.39 is 12.2 Å². The van der Waals surface area contributed by atoms with E-state index in [-0.39, 0.29) is 63.3 Å². The summed E-state index contributed by atoms with van der Waals surface area (Å²) in [6.45, 7) is 11.9. The number of esters is 2. The second-order valence-electron chi connectivity index (χ2n) is 13.7. The average molecular weight is 729 g/mol. The fourth-order valence-corrected chi connectivity index (χ4v) is 5.56. The minimum atomic E-state index is -0.462. The lowest BCUT2D eigenvalue weighted by Gasteiger charge is -2.20. The molecule has 0 aliphatic rings. The van der Waals surface area contributed by atoms with E-state index in [1.807, 2.05) is 27.9 Å². The summed E-state index contributed by atoms with van der Waals surface area (Å²) >= 11 is 0. The molecule has 0 radical (unpaired) electrons. The van der Waals surface area contributed by atoms with Crippen molar-refractivity contribution in [2.75, 3.05) is 66.6 Å². The Labute approximate surface area is 310 Å². The monoisotopic (exact) mass is 729 g/mol. The van der Waals surface area contributed by atoms with Gasteiger partial charge in [0, 0.05) is 13.1 Å². The highest BCUT2D eigenvalue weighted by atomic mass is 16.6. The predicted octanol–water partition coefficient (Wildman–Crippen LogP) is 7.62. The van der Waals surface area contributed by atoms with E-state index in [1.54, 1.807) is 0 Å². The van der Waals surface area contributed by atoms with Gasteiger partial charge in [-0.2, -0.15) is 0 Å². The Balaban J connectivity index is 3.85. The molecule has 12 nitrogen and oxygen atoms in total. The van der Waals surface area contributed by atoms with E-state index in [0.29, 0.717) is 13.1 Å². The number of nitrogens with one attached hydrogen (secondary N) is 2. The van der Waals surface area contributed by atoms with Crippen LogP contribution in [0.1, 0.15) is 150 Å². The van der Waals surface area contributed by atoms with Crippen molar-refractivity contribution in [1.29, 1.82) is 0 Å². The summed E-state index contributed by atoms with van der Waals surface area (Å²) in [6.07, 6.45) is 18.1. The Kier molecular flexibility index (Phi) is 32.7. The van der Waals surface area contributed by atoms with E-state index in [2.05, 4.69) is 34.3 Å². The van der Waals surface area contributed by atoms with Crippen molar-refractivity contribution in [2.45, 2.75) is 162 Å². The Morgan fingerprint density at radius 1 is 0.510 bits per heavy atom. The molecule has 2 N–H and O–H groups in total. The summed E-state index contributed by atoms with van der Waals surface area (Å²) in [7, 11) is 3.92. The highest BCUT2D eigenvalue weighted by Crippen LogP contribution is 2.14. The third kappa shape index (κ3) is 31.8. The normalized spacial score (nSPS) is 12.4. The van der Waals surface area contributed by atoms with Crippen LogP contribution in [0.25, 0.3) is 0 Å². The second-order valence-corrected chi connectivity index (χ2v) is 13.7. The number of carbonyl (C=O) groups excluding carboxylic acids is 4. The molecule has 0 saturated heterocycles. The molecular formula is C39H76N4O8. The molecule has 0 aromatic heterocycles. The van der Waals surface area contributed by atoms with Gasteiger partial charge in [-0.1, -0.05) is 91.9 Å². The third-order valence-corrected chi connectivity index (χ3v) is 8.96. The van der Waals surface area contributed by atoms with Gasteiger partial charge in [0.2, 0.25) is 0 Å². The molecule has 0 aliphatic carbocycles. The summed E-state index contributed by atoms with van der Waals surface area (Å²) in [4.78, 5) is 52.6. The molecule has 0 bridgehead atoms. The van der Waals surface area contributed by atoms with Gasteiger partial charge in [0.05, 0.1) is 25.9 Å². The van der Waals surface area contributed by atoms with Crippen LogP contribution in [0.4, 0.5) is 9.59 Å².